The number of benzene rings is 1. The minimum atomic E-state index is -0.215. The lowest BCUT2D eigenvalue weighted by atomic mass is 9.81. The van der Waals surface area contributed by atoms with Gasteiger partial charge in [-0.1, -0.05) is 26.7 Å². The van der Waals surface area contributed by atoms with Gasteiger partial charge in [-0.3, -0.25) is 0 Å². The summed E-state index contributed by atoms with van der Waals surface area (Å²) in [5, 5.41) is 3.53. The normalized spacial score (nSPS) is 26.4. The molecule has 1 aromatic carbocycles. The molecular weight excluding hydrogens is 253 g/mol. The van der Waals surface area contributed by atoms with E-state index in [1.54, 1.807) is 12.1 Å². The summed E-state index contributed by atoms with van der Waals surface area (Å²) in [5.74, 6) is 1.32. The van der Waals surface area contributed by atoms with Crippen LogP contribution in [0.3, 0.4) is 0 Å². The molecule has 1 aliphatic rings. The molecule has 0 bridgehead atoms. The van der Waals surface area contributed by atoms with Gasteiger partial charge in [0.05, 0.1) is 0 Å². The van der Waals surface area contributed by atoms with Gasteiger partial charge in [0.25, 0.3) is 0 Å². The standard InChI is InChI=1S/C17H26FNO/c1-3-5-13-6-11-16(19-4-2)17(12-13)20-15-9-7-14(18)8-10-15/h7-10,13,16-17,19H,3-6,11-12H2,1-2H3. The van der Waals surface area contributed by atoms with E-state index in [9.17, 15) is 4.39 Å². The predicted octanol–water partition coefficient (Wildman–Crippen LogP) is 4.15. The van der Waals surface area contributed by atoms with Crippen LogP contribution in [0.1, 0.15) is 46.0 Å². The lowest BCUT2D eigenvalue weighted by Crippen LogP contribution is -2.47. The molecule has 0 heterocycles. The zero-order valence-corrected chi connectivity index (χ0v) is 12.6. The van der Waals surface area contributed by atoms with E-state index >= 15 is 0 Å². The van der Waals surface area contributed by atoms with Crippen LogP contribution >= 0.6 is 0 Å². The molecule has 1 saturated carbocycles. The lowest BCUT2D eigenvalue weighted by Gasteiger charge is -2.36. The SMILES string of the molecule is CCCC1CCC(NCC)C(Oc2ccc(F)cc2)C1. The molecule has 20 heavy (non-hydrogen) atoms. The van der Waals surface area contributed by atoms with E-state index < -0.39 is 0 Å². The minimum Gasteiger partial charge on any atom is -0.489 e. The van der Waals surface area contributed by atoms with Gasteiger partial charge in [-0.2, -0.15) is 0 Å². The van der Waals surface area contributed by atoms with Crippen molar-refractivity contribution in [1.29, 1.82) is 0 Å². The monoisotopic (exact) mass is 279 g/mol. The highest BCUT2D eigenvalue weighted by Crippen LogP contribution is 2.31. The molecule has 3 unspecified atom stereocenters. The second-order valence-electron chi connectivity index (χ2n) is 5.74. The van der Waals surface area contributed by atoms with Gasteiger partial charge in [-0.15, -0.1) is 0 Å². The first-order chi connectivity index (χ1) is 9.72. The highest BCUT2D eigenvalue weighted by Gasteiger charge is 2.31. The molecule has 1 N–H and O–H groups in total. The van der Waals surface area contributed by atoms with Crippen LogP contribution < -0.4 is 10.1 Å². The molecule has 112 valence electrons. The molecule has 0 amide bonds. The Kier molecular flexibility index (Phi) is 5.84. The van der Waals surface area contributed by atoms with Crippen molar-refractivity contribution >= 4 is 0 Å². The Morgan fingerprint density at radius 2 is 1.95 bits per heavy atom. The van der Waals surface area contributed by atoms with Crippen molar-refractivity contribution in [3.63, 3.8) is 0 Å². The van der Waals surface area contributed by atoms with Crippen LogP contribution in [-0.4, -0.2) is 18.7 Å². The van der Waals surface area contributed by atoms with Crippen molar-refractivity contribution < 1.29 is 9.13 Å². The van der Waals surface area contributed by atoms with Crippen LogP contribution in [0.15, 0.2) is 24.3 Å². The fourth-order valence-electron chi connectivity index (χ4n) is 3.20. The van der Waals surface area contributed by atoms with E-state index in [1.165, 1.54) is 37.8 Å². The molecule has 3 heteroatoms. The zero-order valence-electron chi connectivity index (χ0n) is 12.6. The first-order valence-electron chi connectivity index (χ1n) is 7.88. The number of rotatable bonds is 6. The van der Waals surface area contributed by atoms with Gasteiger partial charge < -0.3 is 10.1 Å². The van der Waals surface area contributed by atoms with Crippen LogP contribution in [0.5, 0.6) is 5.75 Å². The maximum atomic E-state index is 13.0. The maximum Gasteiger partial charge on any atom is 0.123 e. The number of halogens is 1. The van der Waals surface area contributed by atoms with Gasteiger partial charge in [0.2, 0.25) is 0 Å². The van der Waals surface area contributed by atoms with Crippen LogP contribution in [0.25, 0.3) is 0 Å². The minimum absolute atomic E-state index is 0.200. The summed E-state index contributed by atoms with van der Waals surface area (Å²) >= 11 is 0. The smallest absolute Gasteiger partial charge is 0.123 e. The fourth-order valence-corrected chi connectivity index (χ4v) is 3.20. The summed E-state index contributed by atoms with van der Waals surface area (Å²) in [7, 11) is 0. The van der Waals surface area contributed by atoms with Crippen molar-refractivity contribution in [1.82, 2.24) is 5.32 Å². The average molecular weight is 279 g/mol. The van der Waals surface area contributed by atoms with E-state index in [0.29, 0.717) is 6.04 Å². The van der Waals surface area contributed by atoms with Gasteiger partial charge in [-0.25, -0.2) is 4.39 Å². The van der Waals surface area contributed by atoms with Crippen LogP contribution in [0.2, 0.25) is 0 Å². The third kappa shape index (κ3) is 4.20. The molecule has 0 aliphatic heterocycles. The predicted molar refractivity (Wildman–Crippen MR) is 80.5 cm³/mol. The van der Waals surface area contributed by atoms with Gasteiger partial charge in [-0.05, 0) is 56.0 Å². The van der Waals surface area contributed by atoms with Gasteiger partial charge in [0, 0.05) is 6.04 Å². The summed E-state index contributed by atoms with van der Waals surface area (Å²) in [6.07, 6.45) is 6.27. The Hall–Kier alpha value is -1.09. The molecule has 2 nitrogen and oxygen atoms in total. The average Bonchev–Trinajstić information content (AvgIpc) is 2.45. The van der Waals surface area contributed by atoms with Crippen molar-refractivity contribution in [3.8, 4) is 5.75 Å². The first kappa shape index (κ1) is 15.3. The maximum absolute atomic E-state index is 13.0. The largest absolute Gasteiger partial charge is 0.489 e. The fraction of sp³-hybridized carbons (Fsp3) is 0.647. The summed E-state index contributed by atoms with van der Waals surface area (Å²) in [6, 6.07) is 6.79. The summed E-state index contributed by atoms with van der Waals surface area (Å²) < 4.78 is 19.1. The molecule has 1 aromatic rings. The Balaban J connectivity index is 2.00. The number of likely N-dealkylation sites (N-methyl/N-ethyl adjacent to an activating group) is 1. The second-order valence-corrected chi connectivity index (χ2v) is 5.74. The van der Waals surface area contributed by atoms with E-state index in [4.69, 9.17) is 4.74 Å². The molecule has 0 aromatic heterocycles. The van der Waals surface area contributed by atoms with Crippen molar-refractivity contribution in [2.45, 2.75) is 58.1 Å². The molecular formula is C17H26FNO. The van der Waals surface area contributed by atoms with E-state index in [1.807, 2.05) is 0 Å². The molecule has 0 spiro atoms. The van der Waals surface area contributed by atoms with Crippen molar-refractivity contribution in [2.24, 2.45) is 5.92 Å². The Morgan fingerprint density at radius 3 is 2.60 bits per heavy atom. The van der Waals surface area contributed by atoms with Crippen molar-refractivity contribution in [2.75, 3.05) is 6.54 Å². The van der Waals surface area contributed by atoms with Crippen LogP contribution in [0, 0.1) is 11.7 Å². The molecule has 3 atom stereocenters. The Bertz CT molecular complexity index is 392. The van der Waals surface area contributed by atoms with Crippen LogP contribution in [-0.2, 0) is 0 Å². The topological polar surface area (TPSA) is 21.3 Å². The summed E-state index contributed by atoms with van der Waals surface area (Å²) in [5.41, 5.74) is 0. The highest BCUT2D eigenvalue weighted by molar-refractivity contribution is 5.22. The number of ether oxygens (including phenoxy) is 1. The molecule has 0 radical (unpaired) electrons. The second kappa shape index (κ2) is 7.63. The van der Waals surface area contributed by atoms with Gasteiger partial charge in [0.15, 0.2) is 0 Å². The van der Waals surface area contributed by atoms with E-state index in [-0.39, 0.29) is 11.9 Å². The third-order valence-corrected chi connectivity index (χ3v) is 4.16. The highest BCUT2D eigenvalue weighted by atomic mass is 19.1. The first-order valence-corrected chi connectivity index (χ1v) is 7.88. The number of nitrogens with one attached hydrogen (secondary N) is 1. The Morgan fingerprint density at radius 1 is 1.20 bits per heavy atom. The van der Waals surface area contributed by atoms with Gasteiger partial charge >= 0.3 is 0 Å². The number of hydrogen-bond acceptors (Lipinski definition) is 2. The lowest BCUT2D eigenvalue weighted by molar-refractivity contribution is 0.0839. The zero-order chi connectivity index (χ0) is 14.4. The van der Waals surface area contributed by atoms with Crippen molar-refractivity contribution in [3.05, 3.63) is 30.1 Å². The van der Waals surface area contributed by atoms with Crippen LogP contribution in [0.4, 0.5) is 4.39 Å². The van der Waals surface area contributed by atoms with Gasteiger partial charge in [0.1, 0.15) is 17.7 Å². The summed E-state index contributed by atoms with van der Waals surface area (Å²) in [4.78, 5) is 0. The quantitative estimate of drug-likeness (QED) is 0.844. The van der Waals surface area contributed by atoms with E-state index in [2.05, 4.69) is 19.2 Å². The summed E-state index contributed by atoms with van der Waals surface area (Å²) in [6.45, 7) is 5.34. The molecule has 1 fully saturated rings. The number of hydrogen-bond donors (Lipinski definition) is 1. The van der Waals surface area contributed by atoms with E-state index in [0.717, 1.165) is 24.6 Å². The molecule has 0 saturated heterocycles. The third-order valence-electron chi connectivity index (χ3n) is 4.16. The molecule has 1 aliphatic carbocycles. The molecule has 2 rings (SSSR count). The Labute approximate surface area is 121 Å².